The van der Waals surface area contributed by atoms with Crippen molar-refractivity contribution in [2.45, 2.75) is 25.6 Å². The van der Waals surface area contributed by atoms with Crippen LogP contribution in [0.2, 0.25) is 0 Å². The Kier molecular flexibility index (Phi) is 4.16. The average molecular weight is 298 g/mol. The first-order chi connectivity index (χ1) is 8.45. The highest BCUT2D eigenvalue weighted by Crippen LogP contribution is 2.36. The zero-order valence-electron chi connectivity index (χ0n) is 10.2. The van der Waals surface area contributed by atoms with Crippen LogP contribution in [0.3, 0.4) is 0 Å². The molecule has 0 saturated heterocycles. The van der Waals surface area contributed by atoms with Gasteiger partial charge in [-0.2, -0.15) is 21.6 Å². The number of hydrogen-bond acceptors (Lipinski definition) is 3. The van der Waals surface area contributed by atoms with E-state index in [9.17, 15) is 21.6 Å². The zero-order valence-corrected chi connectivity index (χ0v) is 11.0. The highest BCUT2D eigenvalue weighted by molar-refractivity contribution is 7.85. The molecule has 0 fully saturated rings. The second-order valence-electron chi connectivity index (χ2n) is 4.32. The molecule has 1 aromatic rings. The van der Waals surface area contributed by atoms with Crippen molar-refractivity contribution in [1.29, 1.82) is 0 Å². The molecule has 0 spiro atoms. The lowest BCUT2D eigenvalue weighted by Crippen LogP contribution is -2.52. The molecule has 8 heteroatoms. The summed E-state index contributed by atoms with van der Waals surface area (Å²) in [5.41, 5.74) is -2.60. The first-order valence-corrected chi connectivity index (χ1v) is 6.82. The number of benzene rings is 1. The quantitative estimate of drug-likeness (QED) is 0.868. The van der Waals surface area contributed by atoms with Crippen LogP contribution in [0.4, 0.5) is 13.2 Å². The predicted molar refractivity (Wildman–Crippen MR) is 62.7 cm³/mol. The van der Waals surface area contributed by atoms with Crippen LogP contribution in [0.25, 0.3) is 0 Å². The van der Waals surface area contributed by atoms with Crippen LogP contribution in [0.1, 0.15) is 12.5 Å². The van der Waals surface area contributed by atoms with Gasteiger partial charge in [0.15, 0.2) is 0 Å². The number of rotatable bonds is 4. The Bertz CT molecular complexity index is 553. The minimum Gasteiger partial charge on any atom is -0.477 e. The highest BCUT2D eigenvalue weighted by Gasteiger charge is 2.56. The van der Waals surface area contributed by atoms with Crippen LogP contribution in [0, 0.1) is 6.92 Å². The van der Waals surface area contributed by atoms with Gasteiger partial charge in [-0.15, -0.1) is 0 Å². The lowest BCUT2D eigenvalue weighted by Gasteiger charge is -2.32. The molecule has 0 bridgehead atoms. The summed E-state index contributed by atoms with van der Waals surface area (Å²) in [6, 6.07) is 5.89. The number of ether oxygens (including phenoxy) is 1. The first-order valence-electron chi connectivity index (χ1n) is 5.21. The number of halogens is 3. The molecule has 0 aliphatic heterocycles. The predicted octanol–water partition coefficient (Wildman–Crippen LogP) is 2.58. The molecule has 0 aliphatic rings. The molecule has 1 aromatic carbocycles. The Labute approximate surface area is 108 Å². The van der Waals surface area contributed by atoms with Crippen molar-refractivity contribution < 1.29 is 30.9 Å². The fraction of sp³-hybridized carbons (Fsp3) is 0.455. The Morgan fingerprint density at radius 3 is 2.21 bits per heavy atom. The molecule has 1 rings (SSSR count). The number of alkyl halides is 3. The largest absolute Gasteiger partial charge is 0.477 e. The molecule has 0 radical (unpaired) electrons. The molecule has 0 aliphatic carbocycles. The lowest BCUT2D eigenvalue weighted by atomic mass is 10.1. The topological polar surface area (TPSA) is 63.6 Å². The Hall–Kier alpha value is -1.28. The Balaban J connectivity index is 3.17. The summed E-state index contributed by atoms with van der Waals surface area (Å²) >= 11 is 0. The fourth-order valence-electron chi connectivity index (χ4n) is 1.43. The van der Waals surface area contributed by atoms with Gasteiger partial charge in [0.2, 0.25) is 5.60 Å². The van der Waals surface area contributed by atoms with Crippen molar-refractivity contribution in [1.82, 2.24) is 0 Å². The zero-order chi connectivity index (χ0) is 14.9. The van der Waals surface area contributed by atoms with E-state index in [-0.39, 0.29) is 5.75 Å². The molecule has 1 N–H and O–H groups in total. The van der Waals surface area contributed by atoms with E-state index in [1.165, 1.54) is 25.1 Å². The maximum absolute atomic E-state index is 13.0. The molecular formula is C11H13F3O4S. The van der Waals surface area contributed by atoms with Crippen molar-refractivity contribution in [3.8, 4) is 5.75 Å². The van der Waals surface area contributed by atoms with Gasteiger partial charge in [-0.25, -0.2) is 0 Å². The molecular weight excluding hydrogens is 285 g/mol. The van der Waals surface area contributed by atoms with E-state index in [1.807, 2.05) is 0 Å². The fourth-order valence-corrected chi connectivity index (χ4v) is 2.35. The minimum absolute atomic E-state index is 0.0917. The minimum atomic E-state index is -4.95. The van der Waals surface area contributed by atoms with Crippen LogP contribution >= 0.6 is 0 Å². The van der Waals surface area contributed by atoms with Gasteiger partial charge in [0.05, 0.1) is 0 Å². The van der Waals surface area contributed by atoms with E-state index < -0.39 is 27.6 Å². The third kappa shape index (κ3) is 4.10. The normalized spacial score (nSPS) is 15.9. The average Bonchev–Trinajstić information content (AvgIpc) is 2.17. The van der Waals surface area contributed by atoms with Crippen molar-refractivity contribution >= 4 is 10.1 Å². The van der Waals surface area contributed by atoms with Crippen LogP contribution in [-0.4, -0.2) is 30.5 Å². The second-order valence-corrected chi connectivity index (χ2v) is 5.77. The van der Waals surface area contributed by atoms with E-state index >= 15 is 0 Å². The molecule has 0 amide bonds. The lowest BCUT2D eigenvalue weighted by molar-refractivity contribution is -0.233. The summed E-state index contributed by atoms with van der Waals surface area (Å²) < 4.78 is 73.8. The van der Waals surface area contributed by atoms with E-state index in [2.05, 4.69) is 0 Å². The van der Waals surface area contributed by atoms with Crippen molar-refractivity contribution in [3.63, 3.8) is 0 Å². The van der Waals surface area contributed by atoms with E-state index in [4.69, 9.17) is 9.29 Å². The standard InChI is InChI=1S/C11H13F3O4S/c1-8-5-3-4-6-9(8)18-10(2,11(12,13)14)7-19(15,16)17/h3-6H,7H2,1-2H3,(H,15,16,17). The van der Waals surface area contributed by atoms with Crippen LogP contribution < -0.4 is 4.74 Å². The van der Waals surface area contributed by atoms with Gasteiger partial charge in [0.1, 0.15) is 11.5 Å². The summed E-state index contributed by atoms with van der Waals surface area (Å²) in [5.74, 6) is -1.66. The SMILES string of the molecule is Cc1ccccc1OC(C)(CS(=O)(=O)O)C(F)(F)F. The number of aryl methyl sites for hydroxylation is 1. The summed E-state index contributed by atoms with van der Waals surface area (Å²) in [7, 11) is -4.84. The van der Waals surface area contributed by atoms with Gasteiger partial charge < -0.3 is 4.74 Å². The molecule has 108 valence electrons. The van der Waals surface area contributed by atoms with Gasteiger partial charge in [-0.05, 0) is 25.5 Å². The van der Waals surface area contributed by atoms with Crippen LogP contribution in [-0.2, 0) is 10.1 Å². The summed E-state index contributed by atoms with van der Waals surface area (Å²) in [4.78, 5) is 0. The van der Waals surface area contributed by atoms with Crippen LogP contribution in [0.5, 0.6) is 5.75 Å². The van der Waals surface area contributed by atoms with Crippen molar-refractivity contribution in [3.05, 3.63) is 29.8 Å². The molecule has 19 heavy (non-hydrogen) atoms. The molecule has 1 atom stereocenters. The third-order valence-electron chi connectivity index (χ3n) is 2.49. The summed E-state index contributed by atoms with van der Waals surface area (Å²) in [5, 5.41) is 0. The highest BCUT2D eigenvalue weighted by atomic mass is 32.2. The maximum Gasteiger partial charge on any atom is 0.429 e. The van der Waals surface area contributed by atoms with Gasteiger partial charge in [-0.3, -0.25) is 4.55 Å². The smallest absolute Gasteiger partial charge is 0.429 e. The molecule has 1 unspecified atom stereocenters. The van der Waals surface area contributed by atoms with E-state index in [1.54, 1.807) is 6.07 Å². The Morgan fingerprint density at radius 1 is 1.26 bits per heavy atom. The van der Waals surface area contributed by atoms with Gasteiger partial charge in [-0.1, -0.05) is 18.2 Å². The Morgan fingerprint density at radius 2 is 1.79 bits per heavy atom. The van der Waals surface area contributed by atoms with E-state index in [0.29, 0.717) is 12.5 Å². The first kappa shape index (κ1) is 15.8. The maximum atomic E-state index is 13.0. The summed E-state index contributed by atoms with van der Waals surface area (Å²) in [6.07, 6.45) is -4.95. The number of para-hydroxylation sites is 1. The number of hydrogen-bond donors (Lipinski definition) is 1. The molecule has 0 aromatic heterocycles. The van der Waals surface area contributed by atoms with Crippen LogP contribution in [0.15, 0.2) is 24.3 Å². The summed E-state index contributed by atoms with van der Waals surface area (Å²) in [6.45, 7) is 2.10. The monoisotopic (exact) mass is 298 g/mol. The third-order valence-corrected chi connectivity index (χ3v) is 3.40. The van der Waals surface area contributed by atoms with E-state index in [0.717, 1.165) is 0 Å². The second kappa shape index (κ2) is 5.01. The van der Waals surface area contributed by atoms with Gasteiger partial charge >= 0.3 is 6.18 Å². The van der Waals surface area contributed by atoms with Crippen molar-refractivity contribution in [2.24, 2.45) is 0 Å². The van der Waals surface area contributed by atoms with Gasteiger partial charge in [0.25, 0.3) is 10.1 Å². The molecule has 0 heterocycles. The molecule has 4 nitrogen and oxygen atoms in total. The molecule has 0 saturated carbocycles. The van der Waals surface area contributed by atoms with Crippen molar-refractivity contribution in [2.75, 3.05) is 5.75 Å². The van der Waals surface area contributed by atoms with Gasteiger partial charge in [0, 0.05) is 0 Å².